The van der Waals surface area contributed by atoms with Gasteiger partial charge in [0.05, 0.1) is 12.0 Å². The number of ether oxygens (including phenoxy) is 1. The smallest absolute Gasteiger partial charge is 0.406 e. The van der Waals surface area contributed by atoms with E-state index < -0.39 is 23.6 Å². The van der Waals surface area contributed by atoms with Crippen LogP contribution in [0.15, 0.2) is 15.5 Å². The number of nitrogens with one attached hydrogen (secondary N) is 2. The van der Waals surface area contributed by atoms with Crippen molar-refractivity contribution in [2.45, 2.75) is 12.8 Å². The summed E-state index contributed by atoms with van der Waals surface area (Å²) in [6.07, 6.45) is 2.11. The highest BCUT2D eigenvalue weighted by Crippen LogP contribution is 2.30. The highest BCUT2D eigenvalue weighted by Gasteiger charge is 2.35. The lowest BCUT2D eigenvalue weighted by atomic mass is 10.00. The van der Waals surface area contributed by atoms with E-state index in [0.717, 1.165) is 0 Å². The quantitative estimate of drug-likeness (QED) is 0.687. The second-order valence-electron chi connectivity index (χ2n) is 4.99. The SMILES string of the molecule is CNC(=O)c1noc2c1C(=O)C(SCCCCNC(=O)OC)=CC2=O. The Hall–Kier alpha value is -2.62. The molecule has 0 unspecified atom stereocenters. The highest BCUT2D eigenvalue weighted by atomic mass is 32.2. The second-order valence-corrected chi connectivity index (χ2v) is 6.13. The third-order valence-corrected chi connectivity index (χ3v) is 4.46. The molecule has 2 rings (SSSR count). The van der Waals surface area contributed by atoms with Gasteiger partial charge in [-0.1, -0.05) is 5.16 Å². The van der Waals surface area contributed by atoms with Gasteiger partial charge in [0, 0.05) is 19.7 Å². The lowest BCUT2D eigenvalue weighted by Gasteiger charge is -2.10. The van der Waals surface area contributed by atoms with Gasteiger partial charge in [-0.2, -0.15) is 0 Å². The molecule has 0 aromatic carbocycles. The molecule has 0 radical (unpaired) electrons. The Kier molecular flexibility index (Phi) is 6.34. The van der Waals surface area contributed by atoms with Gasteiger partial charge in [0.25, 0.3) is 5.91 Å². The van der Waals surface area contributed by atoms with Crippen molar-refractivity contribution < 1.29 is 28.4 Å². The number of nitrogens with zero attached hydrogens (tertiary/aromatic N) is 1. The second kappa shape index (κ2) is 8.47. The molecule has 0 aliphatic heterocycles. The number of aromatic nitrogens is 1. The van der Waals surface area contributed by atoms with Gasteiger partial charge in [-0.3, -0.25) is 14.4 Å². The topological polar surface area (TPSA) is 128 Å². The molecule has 2 N–H and O–H groups in total. The van der Waals surface area contributed by atoms with Crippen LogP contribution in [0.3, 0.4) is 0 Å². The maximum absolute atomic E-state index is 12.5. The molecule has 0 spiro atoms. The molecule has 134 valence electrons. The molecule has 1 heterocycles. The van der Waals surface area contributed by atoms with Crippen LogP contribution in [0.4, 0.5) is 4.79 Å². The first-order valence-electron chi connectivity index (χ1n) is 7.46. The number of hydrogen-bond donors (Lipinski definition) is 2. The number of allylic oxidation sites excluding steroid dienone is 2. The van der Waals surface area contributed by atoms with Gasteiger partial charge in [-0.15, -0.1) is 11.8 Å². The number of carbonyl (C=O) groups is 4. The number of hydrogen-bond acceptors (Lipinski definition) is 8. The van der Waals surface area contributed by atoms with Crippen LogP contribution in [0.25, 0.3) is 0 Å². The number of carbonyl (C=O) groups excluding carboxylic acids is 4. The van der Waals surface area contributed by atoms with Gasteiger partial charge in [0.1, 0.15) is 5.56 Å². The predicted molar refractivity (Wildman–Crippen MR) is 88.7 cm³/mol. The summed E-state index contributed by atoms with van der Waals surface area (Å²) in [6, 6.07) is 0. The molecule has 1 aliphatic rings. The number of thioether (sulfide) groups is 1. The van der Waals surface area contributed by atoms with Crippen molar-refractivity contribution in [3.05, 3.63) is 28.0 Å². The van der Waals surface area contributed by atoms with Gasteiger partial charge in [0.15, 0.2) is 5.69 Å². The zero-order chi connectivity index (χ0) is 18.4. The number of amides is 2. The fourth-order valence-corrected chi connectivity index (χ4v) is 3.09. The zero-order valence-electron chi connectivity index (χ0n) is 13.7. The summed E-state index contributed by atoms with van der Waals surface area (Å²) in [5.74, 6) is -1.18. The monoisotopic (exact) mass is 367 g/mol. The van der Waals surface area contributed by atoms with Gasteiger partial charge >= 0.3 is 6.09 Å². The zero-order valence-corrected chi connectivity index (χ0v) is 14.5. The van der Waals surface area contributed by atoms with Crippen molar-refractivity contribution in [1.82, 2.24) is 15.8 Å². The normalized spacial score (nSPS) is 13.1. The van der Waals surface area contributed by atoms with Crippen molar-refractivity contribution in [3.8, 4) is 0 Å². The van der Waals surface area contributed by atoms with E-state index >= 15 is 0 Å². The molecular formula is C15H17N3O6S. The maximum atomic E-state index is 12.5. The molecule has 0 bridgehead atoms. The summed E-state index contributed by atoms with van der Waals surface area (Å²) in [7, 11) is 2.68. The number of fused-ring (bicyclic) bond motifs is 1. The average molecular weight is 367 g/mol. The number of ketones is 2. The van der Waals surface area contributed by atoms with E-state index in [1.54, 1.807) is 0 Å². The van der Waals surface area contributed by atoms with Crippen LogP contribution in [0.2, 0.25) is 0 Å². The maximum Gasteiger partial charge on any atom is 0.406 e. The minimum absolute atomic E-state index is 0.0956. The molecule has 9 nitrogen and oxygen atoms in total. The van der Waals surface area contributed by atoms with Crippen LogP contribution in [0.1, 0.15) is 44.2 Å². The number of rotatable bonds is 7. The Morgan fingerprint density at radius 2 is 2.08 bits per heavy atom. The van der Waals surface area contributed by atoms with Gasteiger partial charge in [0.2, 0.25) is 17.3 Å². The summed E-state index contributed by atoms with van der Waals surface area (Å²) in [5.41, 5.74) is -0.286. The minimum atomic E-state index is -0.591. The van der Waals surface area contributed by atoms with E-state index in [-0.39, 0.29) is 21.9 Å². The van der Waals surface area contributed by atoms with E-state index in [2.05, 4.69) is 20.5 Å². The Bertz CT molecular complexity index is 740. The molecule has 1 aromatic heterocycles. The van der Waals surface area contributed by atoms with Gasteiger partial charge in [-0.05, 0) is 18.6 Å². The first-order chi connectivity index (χ1) is 12.0. The van der Waals surface area contributed by atoms with Crippen LogP contribution in [0, 0.1) is 0 Å². The van der Waals surface area contributed by atoms with E-state index in [0.29, 0.717) is 25.1 Å². The van der Waals surface area contributed by atoms with Crippen molar-refractivity contribution in [1.29, 1.82) is 0 Å². The van der Waals surface area contributed by atoms with E-state index in [1.165, 1.54) is 32.0 Å². The van der Waals surface area contributed by atoms with Crippen LogP contribution >= 0.6 is 11.8 Å². The molecule has 0 fully saturated rings. The summed E-state index contributed by atoms with van der Waals surface area (Å²) in [5, 5.41) is 8.43. The van der Waals surface area contributed by atoms with Crippen LogP contribution < -0.4 is 10.6 Å². The number of methoxy groups -OCH3 is 1. The summed E-state index contributed by atoms with van der Waals surface area (Å²) in [4.78, 5) is 47.4. The van der Waals surface area contributed by atoms with Crippen molar-refractivity contribution in [2.24, 2.45) is 0 Å². The largest absolute Gasteiger partial charge is 0.453 e. The molecule has 10 heteroatoms. The van der Waals surface area contributed by atoms with E-state index in [1.807, 2.05) is 0 Å². The molecule has 2 amide bonds. The fourth-order valence-electron chi connectivity index (χ4n) is 2.09. The standard InChI is InChI=1S/C15H17N3O6S/c1-16-14(21)11-10-12(20)9(7-8(19)13(10)24-18-11)25-6-4-3-5-17-15(22)23-2/h7H,3-6H2,1-2H3,(H,16,21)(H,17,22). The highest BCUT2D eigenvalue weighted by molar-refractivity contribution is 8.04. The lowest BCUT2D eigenvalue weighted by Crippen LogP contribution is -2.24. The summed E-state index contributed by atoms with van der Waals surface area (Å²) < 4.78 is 9.29. The van der Waals surface area contributed by atoms with Crippen LogP contribution in [-0.4, -0.2) is 55.2 Å². The molecule has 25 heavy (non-hydrogen) atoms. The molecule has 0 atom stereocenters. The molecule has 0 saturated heterocycles. The van der Waals surface area contributed by atoms with Crippen molar-refractivity contribution in [2.75, 3.05) is 26.5 Å². The average Bonchev–Trinajstić information content (AvgIpc) is 3.06. The molecule has 0 saturated carbocycles. The first-order valence-corrected chi connectivity index (χ1v) is 8.45. The van der Waals surface area contributed by atoms with Crippen molar-refractivity contribution in [3.63, 3.8) is 0 Å². The first kappa shape index (κ1) is 18.7. The summed E-state index contributed by atoms with van der Waals surface area (Å²) in [6.45, 7) is 0.454. The van der Waals surface area contributed by atoms with Crippen LogP contribution in [-0.2, 0) is 4.74 Å². The van der Waals surface area contributed by atoms with Crippen LogP contribution in [0.5, 0.6) is 0 Å². The summed E-state index contributed by atoms with van der Waals surface area (Å²) >= 11 is 1.21. The minimum Gasteiger partial charge on any atom is -0.453 e. The Balaban J connectivity index is 1.94. The Labute approximate surface area is 147 Å². The third kappa shape index (κ3) is 4.27. The molecular weight excluding hydrogens is 350 g/mol. The van der Waals surface area contributed by atoms with Gasteiger partial charge < -0.3 is 19.9 Å². The van der Waals surface area contributed by atoms with E-state index in [4.69, 9.17) is 4.52 Å². The predicted octanol–water partition coefficient (Wildman–Crippen LogP) is 1.17. The van der Waals surface area contributed by atoms with Crippen molar-refractivity contribution >= 4 is 35.3 Å². The number of alkyl carbamates (subject to hydrolysis) is 1. The number of Topliss-reactive ketones (excluding diaryl/α,β-unsaturated/α-hetero) is 1. The van der Waals surface area contributed by atoms with E-state index in [9.17, 15) is 19.2 Å². The Morgan fingerprint density at radius 3 is 2.76 bits per heavy atom. The fraction of sp³-hybridized carbons (Fsp3) is 0.400. The number of unbranched alkanes of at least 4 members (excludes halogenated alkanes) is 1. The Morgan fingerprint density at radius 1 is 1.32 bits per heavy atom. The molecule has 1 aromatic rings. The third-order valence-electron chi connectivity index (χ3n) is 3.35. The lowest BCUT2D eigenvalue weighted by molar-refractivity contribution is 0.0944. The van der Waals surface area contributed by atoms with Gasteiger partial charge in [-0.25, -0.2) is 4.79 Å². The molecule has 1 aliphatic carbocycles.